The highest BCUT2D eigenvalue weighted by Gasteiger charge is 2.39. The van der Waals surface area contributed by atoms with Gasteiger partial charge in [-0.15, -0.1) is 0 Å². The lowest BCUT2D eigenvalue weighted by Crippen LogP contribution is -2.45. The third-order valence-corrected chi connectivity index (χ3v) is 6.75. The number of aromatic amines is 1. The van der Waals surface area contributed by atoms with E-state index in [1.807, 2.05) is 25.3 Å². The standard InChI is InChI=1S/C26H26N4O/c1-17-13-18(6-4-8-23(17)24-7-3-2-5-19(24)15-27)26(31)30(21-9-10-21)22-11-12-25-20(14-22)16-28-29-25/h3,6-7,13,16,21-23H,2,5,9-12,14H2,1H3,(H,28,29). The largest absolute Gasteiger partial charge is 0.332 e. The Morgan fingerprint density at radius 3 is 2.97 bits per heavy atom. The van der Waals surface area contributed by atoms with E-state index in [0.717, 1.165) is 61.7 Å². The summed E-state index contributed by atoms with van der Waals surface area (Å²) in [6, 6.07) is 2.89. The van der Waals surface area contributed by atoms with E-state index in [1.54, 1.807) is 6.08 Å². The Hall–Kier alpha value is -3.31. The van der Waals surface area contributed by atoms with Crippen molar-refractivity contribution in [1.82, 2.24) is 15.1 Å². The third kappa shape index (κ3) is 3.77. The van der Waals surface area contributed by atoms with E-state index in [2.05, 4.69) is 39.1 Å². The summed E-state index contributed by atoms with van der Waals surface area (Å²) >= 11 is 0. The summed E-state index contributed by atoms with van der Waals surface area (Å²) in [5, 5.41) is 16.8. The second kappa shape index (κ2) is 8.08. The van der Waals surface area contributed by atoms with Crippen LogP contribution in [0.4, 0.5) is 0 Å². The van der Waals surface area contributed by atoms with Crippen LogP contribution in [0.1, 0.15) is 50.3 Å². The molecule has 2 atom stereocenters. The van der Waals surface area contributed by atoms with Crippen molar-refractivity contribution in [3.8, 4) is 17.9 Å². The van der Waals surface area contributed by atoms with Gasteiger partial charge in [0.25, 0.3) is 5.91 Å². The predicted octanol–water partition coefficient (Wildman–Crippen LogP) is 3.93. The second-order valence-electron chi connectivity index (χ2n) is 8.91. The highest BCUT2D eigenvalue weighted by atomic mass is 16.2. The number of nitrogens with one attached hydrogen (secondary N) is 1. The molecule has 1 saturated carbocycles. The molecular formula is C26H26N4O. The zero-order chi connectivity index (χ0) is 21.4. The van der Waals surface area contributed by atoms with Crippen LogP contribution in [-0.4, -0.2) is 33.1 Å². The minimum atomic E-state index is -0.134. The first-order chi connectivity index (χ1) is 15.2. The van der Waals surface area contributed by atoms with E-state index in [1.165, 1.54) is 11.3 Å². The molecule has 31 heavy (non-hydrogen) atoms. The maximum atomic E-state index is 13.7. The smallest absolute Gasteiger partial charge is 0.255 e. The molecule has 1 aromatic rings. The van der Waals surface area contributed by atoms with Crippen molar-refractivity contribution < 1.29 is 4.79 Å². The van der Waals surface area contributed by atoms with E-state index in [9.17, 15) is 10.1 Å². The predicted molar refractivity (Wildman–Crippen MR) is 118 cm³/mol. The number of carbonyl (C=O) groups excluding carboxylic acids is 1. The van der Waals surface area contributed by atoms with E-state index in [4.69, 9.17) is 0 Å². The minimum absolute atomic E-state index is 0.0856. The maximum absolute atomic E-state index is 13.7. The van der Waals surface area contributed by atoms with Crippen molar-refractivity contribution in [3.05, 3.63) is 64.1 Å². The zero-order valence-corrected chi connectivity index (χ0v) is 17.8. The lowest BCUT2D eigenvalue weighted by Gasteiger charge is -2.34. The number of allylic oxidation sites excluding steroid dienone is 6. The molecule has 0 aliphatic heterocycles. The van der Waals surface area contributed by atoms with Crippen LogP contribution in [0.3, 0.4) is 0 Å². The van der Waals surface area contributed by atoms with Crippen LogP contribution in [0.15, 0.2) is 52.8 Å². The SMILES string of the molecule is CC1=CC(C(=O)N(C2CC2)C2CCc3[nH]ncc3C2)=CC#CC1C1=C(C#N)CCC=C1. The Bertz CT molecular complexity index is 1140. The van der Waals surface area contributed by atoms with Crippen molar-refractivity contribution in [3.63, 3.8) is 0 Å². The molecule has 1 aromatic heterocycles. The number of fused-ring (bicyclic) bond motifs is 1. The van der Waals surface area contributed by atoms with Crippen molar-refractivity contribution in [2.24, 2.45) is 5.92 Å². The zero-order valence-electron chi connectivity index (χ0n) is 17.8. The highest BCUT2D eigenvalue weighted by molar-refractivity contribution is 5.97. The molecule has 2 unspecified atom stereocenters. The number of nitrogens with zero attached hydrogens (tertiary/aromatic N) is 3. The number of H-pyrrole nitrogens is 1. The van der Waals surface area contributed by atoms with Gasteiger partial charge in [0.1, 0.15) is 0 Å². The molecule has 4 aliphatic rings. The Labute approximate surface area is 183 Å². The van der Waals surface area contributed by atoms with Crippen molar-refractivity contribution in [1.29, 1.82) is 5.26 Å². The molecular weight excluding hydrogens is 384 g/mol. The van der Waals surface area contributed by atoms with E-state index in [-0.39, 0.29) is 17.9 Å². The lowest BCUT2D eigenvalue weighted by atomic mass is 9.84. The van der Waals surface area contributed by atoms with Gasteiger partial charge in [0.2, 0.25) is 0 Å². The van der Waals surface area contributed by atoms with E-state index >= 15 is 0 Å². The van der Waals surface area contributed by atoms with Gasteiger partial charge in [-0.2, -0.15) is 10.4 Å². The van der Waals surface area contributed by atoms with Gasteiger partial charge in [0, 0.05) is 35.0 Å². The highest BCUT2D eigenvalue weighted by Crippen LogP contribution is 2.36. The summed E-state index contributed by atoms with van der Waals surface area (Å²) in [6.07, 6.45) is 16.4. The summed E-state index contributed by atoms with van der Waals surface area (Å²) in [4.78, 5) is 15.8. The van der Waals surface area contributed by atoms with Gasteiger partial charge in [-0.25, -0.2) is 0 Å². The van der Waals surface area contributed by atoms with Gasteiger partial charge in [-0.3, -0.25) is 9.89 Å². The van der Waals surface area contributed by atoms with Gasteiger partial charge in [-0.05, 0) is 69.1 Å². The minimum Gasteiger partial charge on any atom is -0.332 e. The van der Waals surface area contributed by atoms with Crippen molar-refractivity contribution in [2.45, 2.75) is 64.0 Å². The molecule has 0 aromatic carbocycles. The maximum Gasteiger partial charge on any atom is 0.255 e. The summed E-state index contributed by atoms with van der Waals surface area (Å²) < 4.78 is 0. The average Bonchev–Trinajstić information content (AvgIpc) is 3.54. The molecule has 1 N–H and O–H groups in total. The lowest BCUT2D eigenvalue weighted by molar-refractivity contribution is -0.130. The molecule has 1 fully saturated rings. The summed E-state index contributed by atoms with van der Waals surface area (Å²) in [7, 11) is 0. The fourth-order valence-corrected chi connectivity index (χ4v) is 4.97. The first-order valence-corrected chi connectivity index (χ1v) is 11.2. The molecule has 0 spiro atoms. The first kappa shape index (κ1) is 19.6. The molecule has 5 heteroatoms. The first-order valence-electron chi connectivity index (χ1n) is 11.2. The van der Waals surface area contributed by atoms with Crippen LogP contribution >= 0.6 is 0 Å². The molecule has 5 rings (SSSR count). The van der Waals surface area contributed by atoms with Gasteiger partial charge >= 0.3 is 0 Å². The number of hydrogen-bond acceptors (Lipinski definition) is 3. The van der Waals surface area contributed by atoms with Crippen molar-refractivity contribution in [2.75, 3.05) is 0 Å². The van der Waals surface area contributed by atoms with Crippen LogP contribution in [0.25, 0.3) is 0 Å². The molecule has 1 heterocycles. The molecule has 0 bridgehead atoms. The molecule has 5 nitrogen and oxygen atoms in total. The normalized spacial score (nSPS) is 24.8. The summed E-state index contributed by atoms with van der Waals surface area (Å²) in [5.41, 5.74) is 5.92. The van der Waals surface area contributed by atoms with Crippen LogP contribution in [0.5, 0.6) is 0 Å². The number of carbonyl (C=O) groups is 1. The van der Waals surface area contributed by atoms with Crippen LogP contribution in [0, 0.1) is 29.1 Å². The number of rotatable bonds is 4. The number of nitriles is 1. The van der Waals surface area contributed by atoms with Crippen LogP contribution in [0.2, 0.25) is 0 Å². The van der Waals surface area contributed by atoms with Gasteiger partial charge in [0.05, 0.1) is 18.2 Å². The third-order valence-electron chi connectivity index (χ3n) is 6.75. The quantitative estimate of drug-likeness (QED) is 0.765. The molecule has 156 valence electrons. The molecule has 4 aliphatic carbocycles. The molecule has 0 radical (unpaired) electrons. The van der Waals surface area contributed by atoms with Gasteiger partial charge < -0.3 is 4.90 Å². The van der Waals surface area contributed by atoms with Crippen molar-refractivity contribution >= 4 is 5.91 Å². The Morgan fingerprint density at radius 1 is 1.29 bits per heavy atom. The Kier molecular flexibility index (Phi) is 5.12. The Morgan fingerprint density at radius 2 is 2.16 bits per heavy atom. The summed E-state index contributed by atoms with van der Waals surface area (Å²) in [6.45, 7) is 2.02. The van der Waals surface area contributed by atoms with Gasteiger partial charge in [-0.1, -0.05) is 29.6 Å². The van der Waals surface area contributed by atoms with E-state index < -0.39 is 0 Å². The second-order valence-corrected chi connectivity index (χ2v) is 8.91. The summed E-state index contributed by atoms with van der Waals surface area (Å²) in [5.74, 6) is 6.36. The monoisotopic (exact) mass is 410 g/mol. The van der Waals surface area contributed by atoms with E-state index in [0.29, 0.717) is 11.6 Å². The van der Waals surface area contributed by atoms with Crippen LogP contribution in [-0.2, 0) is 17.6 Å². The topological polar surface area (TPSA) is 72.8 Å². The number of aromatic nitrogens is 2. The Balaban J connectivity index is 1.40. The average molecular weight is 411 g/mol. The van der Waals surface area contributed by atoms with Crippen LogP contribution < -0.4 is 0 Å². The van der Waals surface area contributed by atoms with Gasteiger partial charge in [0.15, 0.2) is 0 Å². The fraction of sp³-hybridized carbons (Fsp3) is 0.423. The number of aryl methyl sites for hydroxylation is 1. The number of amides is 1. The number of hydrogen-bond donors (Lipinski definition) is 1. The molecule has 1 amide bonds. The fourth-order valence-electron chi connectivity index (χ4n) is 4.97. The molecule has 0 saturated heterocycles.